The van der Waals surface area contributed by atoms with E-state index in [-0.39, 0.29) is 6.04 Å². The molecule has 1 atom stereocenters. The lowest BCUT2D eigenvalue weighted by Gasteiger charge is -2.18. The number of rotatable bonds is 2. The van der Waals surface area contributed by atoms with Crippen molar-refractivity contribution in [3.8, 4) is 5.75 Å². The summed E-state index contributed by atoms with van der Waals surface area (Å²) in [5.41, 5.74) is 7.33. The van der Waals surface area contributed by atoms with Gasteiger partial charge in [-0.15, -0.1) is 0 Å². The summed E-state index contributed by atoms with van der Waals surface area (Å²) in [6.45, 7) is 0.813. The SMILES string of the molecule is CONC1CCCOc2cc3c(cc21)CCC3. The van der Waals surface area contributed by atoms with Crippen LogP contribution in [0.25, 0.3) is 0 Å². The lowest BCUT2D eigenvalue weighted by atomic mass is 9.98. The molecule has 1 aliphatic heterocycles. The molecule has 1 aliphatic carbocycles. The quantitative estimate of drug-likeness (QED) is 0.796. The van der Waals surface area contributed by atoms with Crippen molar-refractivity contribution in [1.82, 2.24) is 5.48 Å². The average molecular weight is 233 g/mol. The van der Waals surface area contributed by atoms with E-state index in [2.05, 4.69) is 17.6 Å². The van der Waals surface area contributed by atoms with Crippen molar-refractivity contribution in [2.75, 3.05) is 13.7 Å². The van der Waals surface area contributed by atoms with Crippen molar-refractivity contribution in [2.45, 2.75) is 38.1 Å². The van der Waals surface area contributed by atoms with E-state index in [0.717, 1.165) is 25.2 Å². The molecule has 3 rings (SSSR count). The number of nitrogens with one attached hydrogen (secondary N) is 1. The highest BCUT2D eigenvalue weighted by atomic mass is 16.6. The molecule has 3 heteroatoms. The normalized spacial score (nSPS) is 22.5. The summed E-state index contributed by atoms with van der Waals surface area (Å²) in [7, 11) is 1.68. The molecule has 1 aromatic carbocycles. The van der Waals surface area contributed by atoms with Gasteiger partial charge >= 0.3 is 0 Å². The minimum absolute atomic E-state index is 0.267. The van der Waals surface area contributed by atoms with Crippen LogP contribution in [-0.4, -0.2) is 13.7 Å². The maximum atomic E-state index is 5.85. The summed E-state index contributed by atoms with van der Waals surface area (Å²) < 4.78 is 5.85. The third-order valence-electron chi connectivity index (χ3n) is 3.75. The Morgan fingerprint density at radius 3 is 2.88 bits per heavy atom. The molecule has 3 nitrogen and oxygen atoms in total. The zero-order valence-corrected chi connectivity index (χ0v) is 10.3. The number of fused-ring (bicyclic) bond motifs is 2. The summed E-state index contributed by atoms with van der Waals surface area (Å²) in [5.74, 6) is 1.05. The summed E-state index contributed by atoms with van der Waals surface area (Å²) in [6, 6.07) is 4.83. The average Bonchev–Trinajstić information content (AvgIpc) is 2.70. The van der Waals surface area contributed by atoms with Crippen LogP contribution in [0, 0.1) is 0 Å². The van der Waals surface area contributed by atoms with E-state index in [0.29, 0.717) is 0 Å². The molecule has 1 unspecified atom stereocenters. The second kappa shape index (κ2) is 4.67. The highest BCUT2D eigenvalue weighted by molar-refractivity contribution is 5.46. The number of hydrogen-bond donors (Lipinski definition) is 1. The van der Waals surface area contributed by atoms with Crippen LogP contribution in [0.1, 0.15) is 42.0 Å². The highest BCUT2D eigenvalue weighted by Crippen LogP contribution is 2.36. The zero-order valence-electron chi connectivity index (χ0n) is 10.3. The van der Waals surface area contributed by atoms with E-state index >= 15 is 0 Å². The van der Waals surface area contributed by atoms with Crippen molar-refractivity contribution in [3.05, 3.63) is 28.8 Å². The Kier molecular flexibility index (Phi) is 3.04. The monoisotopic (exact) mass is 233 g/mol. The van der Waals surface area contributed by atoms with E-state index < -0.39 is 0 Å². The first-order chi connectivity index (χ1) is 8.38. The van der Waals surface area contributed by atoms with Gasteiger partial charge in [-0.2, -0.15) is 5.48 Å². The van der Waals surface area contributed by atoms with E-state index in [9.17, 15) is 0 Å². The molecule has 0 aromatic heterocycles. The van der Waals surface area contributed by atoms with Crippen LogP contribution in [0.5, 0.6) is 5.75 Å². The molecule has 1 N–H and O–H groups in total. The van der Waals surface area contributed by atoms with Crippen LogP contribution >= 0.6 is 0 Å². The summed E-state index contributed by atoms with van der Waals surface area (Å²) in [4.78, 5) is 5.11. The molecule has 0 amide bonds. The number of hydrogen-bond acceptors (Lipinski definition) is 3. The van der Waals surface area contributed by atoms with Crippen LogP contribution in [0.4, 0.5) is 0 Å². The third kappa shape index (κ3) is 2.05. The molecule has 0 spiro atoms. The number of ether oxygens (including phenoxy) is 1. The first kappa shape index (κ1) is 11.1. The van der Waals surface area contributed by atoms with E-state index in [1.165, 1.54) is 36.0 Å². The van der Waals surface area contributed by atoms with Crippen LogP contribution in [0.2, 0.25) is 0 Å². The third-order valence-corrected chi connectivity index (χ3v) is 3.75. The van der Waals surface area contributed by atoms with Gasteiger partial charge in [-0.25, -0.2) is 0 Å². The smallest absolute Gasteiger partial charge is 0.124 e. The molecule has 92 valence electrons. The number of aryl methyl sites for hydroxylation is 2. The fraction of sp³-hybridized carbons (Fsp3) is 0.571. The Labute approximate surface area is 102 Å². The molecule has 0 saturated heterocycles. The van der Waals surface area contributed by atoms with Gasteiger partial charge in [0.15, 0.2) is 0 Å². The molecule has 0 bridgehead atoms. The van der Waals surface area contributed by atoms with Gasteiger partial charge in [0.25, 0.3) is 0 Å². The predicted octanol–water partition coefficient (Wildman–Crippen LogP) is 2.54. The van der Waals surface area contributed by atoms with E-state index in [4.69, 9.17) is 9.57 Å². The van der Waals surface area contributed by atoms with E-state index in [1.807, 2.05) is 0 Å². The molecule has 1 aromatic rings. The van der Waals surface area contributed by atoms with Crippen molar-refractivity contribution in [3.63, 3.8) is 0 Å². The Bertz CT molecular complexity index is 417. The standard InChI is InChI=1S/C14H19NO2/c1-16-15-13-6-3-7-17-14-9-11-5-2-4-10(11)8-12(13)14/h8-9,13,15H,2-7H2,1H3. The lowest BCUT2D eigenvalue weighted by molar-refractivity contribution is 0.0579. The van der Waals surface area contributed by atoms with Crippen molar-refractivity contribution < 1.29 is 9.57 Å². The van der Waals surface area contributed by atoms with Crippen LogP contribution in [-0.2, 0) is 17.7 Å². The molecule has 0 saturated carbocycles. The van der Waals surface area contributed by atoms with Crippen LogP contribution in [0.15, 0.2) is 12.1 Å². The first-order valence-corrected chi connectivity index (χ1v) is 6.45. The summed E-state index contributed by atoms with van der Waals surface area (Å²) >= 11 is 0. The van der Waals surface area contributed by atoms with Gasteiger partial charge in [-0.05, 0) is 49.3 Å². The lowest BCUT2D eigenvalue weighted by Crippen LogP contribution is -2.19. The molecule has 1 heterocycles. The van der Waals surface area contributed by atoms with Gasteiger partial charge in [0.2, 0.25) is 0 Å². The van der Waals surface area contributed by atoms with Gasteiger partial charge in [0, 0.05) is 5.56 Å². The molecule has 2 aliphatic rings. The van der Waals surface area contributed by atoms with Crippen LogP contribution in [0.3, 0.4) is 0 Å². The topological polar surface area (TPSA) is 30.5 Å². The molecular weight excluding hydrogens is 214 g/mol. The van der Waals surface area contributed by atoms with Gasteiger partial charge < -0.3 is 9.57 Å². The van der Waals surface area contributed by atoms with Gasteiger partial charge in [-0.1, -0.05) is 6.07 Å². The first-order valence-electron chi connectivity index (χ1n) is 6.45. The largest absolute Gasteiger partial charge is 0.493 e. The minimum Gasteiger partial charge on any atom is -0.493 e. The predicted molar refractivity (Wildman–Crippen MR) is 66.1 cm³/mol. The number of hydroxylamine groups is 1. The Balaban J connectivity index is 2.00. The van der Waals surface area contributed by atoms with Gasteiger partial charge in [-0.3, -0.25) is 0 Å². The second-order valence-corrected chi connectivity index (χ2v) is 4.88. The summed E-state index contributed by atoms with van der Waals surface area (Å²) in [5, 5.41) is 0. The Morgan fingerprint density at radius 2 is 2.06 bits per heavy atom. The Hall–Kier alpha value is -1.06. The van der Waals surface area contributed by atoms with E-state index in [1.54, 1.807) is 7.11 Å². The second-order valence-electron chi connectivity index (χ2n) is 4.88. The van der Waals surface area contributed by atoms with Crippen LogP contribution < -0.4 is 10.2 Å². The van der Waals surface area contributed by atoms with Crippen molar-refractivity contribution in [1.29, 1.82) is 0 Å². The van der Waals surface area contributed by atoms with Gasteiger partial charge in [0.05, 0.1) is 19.8 Å². The molecule has 0 fully saturated rings. The minimum atomic E-state index is 0.267. The summed E-state index contributed by atoms with van der Waals surface area (Å²) in [6.07, 6.45) is 5.83. The van der Waals surface area contributed by atoms with Gasteiger partial charge in [0.1, 0.15) is 5.75 Å². The fourth-order valence-electron chi connectivity index (χ4n) is 2.91. The maximum absolute atomic E-state index is 5.85. The molecular formula is C14H19NO2. The van der Waals surface area contributed by atoms with Crippen molar-refractivity contribution in [2.24, 2.45) is 0 Å². The molecule has 17 heavy (non-hydrogen) atoms. The fourth-order valence-corrected chi connectivity index (χ4v) is 2.91. The van der Waals surface area contributed by atoms with Crippen molar-refractivity contribution >= 4 is 0 Å². The maximum Gasteiger partial charge on any atom is 0.124 e. The highest BCUT2D eigenvalue weighted by Gasteiger charge is 2.23. The number of benzene rings is 1. The zero-order chi connectivity index (χ0) is 11.7. The molecule has 0 radical (unpaired) electrons. The Morgan fingerprint density at radius 1 is 1.24 bits per heavy atom.